The molecule has 0 atom stereocenters. The second kappa shape index (κ2) is 5.03. The van der Waals surface area contributed by atoms with Crippen LogP contribution in [0.2, 0.25) is 6.82 Å². The van der Waals surface area contributed by atoms with Gasteiger partial charge in [-0.05, 0) is 40.9 Å². The molecule has 1 aromatic heterocycles. The molecule has 6 heteroatoms. The average Bonchev–Trinajstić information content (AvgIpc) is 2.80. The molecule has 2 aromatic rings. The Morgan fingerprint density at radius 3 is 3.05 bits per heavy atom. The number of fused-ring (bicyclic) bond motifs is 1. The van der Waals surface area contributed by atoms with E-state index in [0.717, 1.165) is 11.2 Å². The number of rotatable bonds is 2. The molecule has 0 bridgehead atoms. The lowest BCUT2D eigenvalue weighted by atomic mass is 9.64. The first-order valence-corrected chi connectivity index (χ1v) is 6.47. The molecule has 96 valence electrons. The van der Waals surface area contributed by atoms with Gasteiger partial charge in [-0.25, -0.2) is 4.98 Å². The number of aromatic nitrogens is 1. The van der Waals surface area contributed by atoms with Gasteiger partial charge in [0.2, 0.25) is 5.88 Å². The summed E-state index contributed by atoms with van der Waals surface area (Å²) in [6.07, 6.45) is 0. The van der Waals surface area contributed by atoms with Gasteiger partial charge in [0.1, 0.15) is 17.4 Å². The van der Waals surface area contributed by atoms with Gasteiger partial charge in [0.05, 0.1) is 6.61 Å². The van der Waals surface area contributed by atoms with Crippen LogP contribution in [-0.4, -0.2) is 19.7 Å². The Morgan fingerprint density at radius 1 is 1.40 bits per heavy atom. The van der Waals surface area contributed by atoms with E-state index < -0.39 is 0 Å². The normalized spacial score (nSPS) is 12.9. The molecule has 0 fully saturated rings. The van der Waals surface area contributed by atoms with E-state index in [2.05, 4.69) is 11.1 Å². The lowest BCUT2D eigenvalue weighted by Gasteiger charge is -2.08. The maximum absolute atomic E-state index is 9.09. The minimum absolute atomic E-state index is 0.130. The van der Waals surface area contributed by atoms with Gasteiger partial charge in [0, 0.05) is 0 Å². The quantitative estimate of drug-likeness (QED) is 0.733. The van der Waals surface area contributed by atoms with Gasteiger partial charge in [-0.15, -0.1) is 0 Å². The molecule has 0 amide bonds. The van der Waals surface area contributed by atoms with Gasteiger partial charge in [-0.3, -0.25) is 0 Å². The Labute approximate surface area is 118 Å². The van der Waals surface area contributed by atoms with Crippen molar-refractivity contribution in [3.63, 3.8) is 0 Å². The van der Waals surface area contributed by atoms with E-state index in [1.807, 2.05) is 32.9 Å². The summed E-state index contributed by atoms with van der Waals surface area (Å²) in [5.74, 6) is 1.02. The van der Waals surface area contributed by atoms with Crippen LogP contribution >= 0.6 is 0 Å². The second-order valence-corrected chi connectivity index (χ2v) is 4.83. The zero-order valence-corrected chi connectivity index (χ0v) is 11.4. The first-order valence-electron chi connectivity index (χ1n) is 6.47. The Hall–Kier alpha value is -2.25. The van der Waals surface area contributed by atoms with Crippen molar-refractivity contribution in [2.75, 3.05) is 0 Å². The molecule has 0 N–H and O–H groups in total. The highest BCUT2D eigenvalue weighted by molar-refractivity contribution is 6.67. The lowest BCUT2D eigenvalue weighted by Crippen LogP contribution is -2.23. The summed E-state index contributed by atoms with van der Waals surface area (Å²) in [7, 11) is 1.87. The third-order valence-corrected chi connectivity index (χ3v) is 3.38. The summed E-state index contributed by atoms with van der Waals surface area (Å²) < 4.78 is 11.3. The van der Waals surface area contributed by atoms with Crippen molar-refractivity contribution < 1.29 is 9.39 Å². The second-order valence-electron chi connectivity index (χ2n) is 4.83. The van der Waals surface area contributed by atoms with Crippen molar-refractivity contribution in [3.8, 4) is 17.7 Å². The summed E-state index contributed by atoms with van der Waals surface area (Å²) >= 11 is 0. The number of nitrogens with zero attached hydrogens (tertiary/aromatic N) is 2. The van der Waals surface area contributed by atoms with E-state index in [4.69, 9.17) is 14.7 Å². The highest BCUT2D eigenvalue weighted by Gasteiger charge is 2.23. The van der Waals surface area contributed by atoms with Crippen molar-refractivity contribution in [1.29, 1.82) is 5.26 Å². The van der Waals surface area contributed by atoms with Crippen LogP contribution in [-0.2, 0) is 11.3 Å². The van der Waals surface area contributed by atoms with E-state index in [1.165, 1.54) is 5.46 Å². The molecule has 0 saturated heterocycles. The molecule has 2 heterocycles. The van der Waals surface area contributed by atoms with Crippen LogP contribution < -0.4 is 15.8 Å². The van der Waals surface area contributed by atoms with Gasteiger partial charge < -0.3 is 9.39 Å². The van der Waals surface area contributed by atoms with Crippen LogP contribution in [0.4, 0.5) is 0 Å². The molecule has 1 aliphatic heterocycles. The van der Waals surface area contributed by atoms with Crippen molar-refractivity contribution >= 4 is 25.8 Å². The maximum atomic E-state index is 9.09. The molecule has 4 nitrogen and oxygen atoms in total. The molecule has 20 heavy (non-hydrogen) atoms. The van der Waals surface area contributed by atoms with Crippen LogP contribution in [0.1, 0.15) is 11.1 Å². The number of nitriles is 1. The van der Waals surface area contributed by atoms with Crippen molar-refractivity contribution in [2.24, 2.45) is 0 Å². The third-order valence-electron chi connectivity index (χ3n) is 3.38. The van der Waals surface area contributed by atoms with E-state index >= 15 is 0 Å². The van der Waals surface area contributed by atoms with Crippen LogP contribution in [0.25, 0.3) is 0 Å². The van der Waals surface area contributed by atoms with E-state index in [1.54, 1.807) is 12.1 Å². The zero-order chi connectivity index (χ0) is 14.1. The summed E-state index contributed by atoms with van der Waals surface area (Å²) in [6, 6.07) is 11.4. The standard InChI is InChI=1S/C14H12B2N2O2/c1-16-12-4-3-11(6-10(12)8-19-16)20-14-9(7-17)2-5-13(15)18-14/h2-6H,8,15H2,1H3. The third kappa shape index (κ3) is 2.28. The van der Waals surface area contributed by atoms with Crippen LogP contribution in [0.3, 0.4) is 0 Å². The maximum Gasteiger partial charge on any atom is 0.324 e. The monoisotopic (exact) mass is 262 g/mol. The first kappa shape index (κ1) is 12.8. The minimum Gasteiger partial charge on any atom is -0.438 e. The van der Waals surface area contributed by atoms with E-state index in [9.17, 15) is 0 Å². The van der Waals surface area contributed by atoms with Gasteiger partial charge in [0.15, 0.2) is 7.85 Å². The van der Waals surface area contributed by atoms with Crippen molar-refractivity contribution in [3.05, 3.63) is 41.5 Å². The largest absolute Gasteiger partial charge is 0.438 e. The average molecular weight is 262 g/mol. The van der Waals surface area contributed by atoms with Gasteiger partial charge >= 0.3 is 6.92 Å². The fourth-order valence-electron chi connectivity index (χ4n) is 2.28. The molecule has 0 aliphatic carbocycles. The Bertz CT molecular complexity index is 713. The van der Waals surface area contributed by atoms with Gasteiger partial charge in [-0.1, -0.05) is 12.9 Å². The number of ether oxygens (including phenoxy) is 1. The fourth-order valence-corrected chi connectivity index (χ4v) is 2.28. The smallest absolute Gasteiger partial charge is 0.324 e. The lowest BCUT2D eigenvalue weighted by molar-refractivity contribution is 0.333. The Balaban J connectivity index is 1.93. The summed E-state index contributed by atoms with van der Waals surface area (Å²) in [5.41, 5.74) is 3.56. The highest BCUT2D eigenvalue weighted by Crippen LogP contribution is 2.24. The number of hydrogen-bond donors (Lipinski definition) is 0. The van der Waals surface area contributed by atoms with E-state index in [0.29, 0.717) is 23.8 Å². The molecule has 1 aliphatic rings. The molecule has 0 radical (unpaired) electrons. The molecule has 0 spiro atoms. The Morgan fingerprint density at radius 2 is 2.25 bits per heavy atom. The molecule has 1 aromatic carbocycles. The molecular weight excluding hydrogens is 250 g/mol. The summed E-state index contributed by atoms with van der Waals surface area (Å²) in [6.45, 7) is 2.76. The molecule has 0 saturated carbocycles. The molecule has 0 unspecified atom stereocenters. The Kier molecular flexibility index (Phi) is 3.21. The van der Waals surface area contributed by atoms with E-state index in [-0.39, 0.29) is 6.92 Å². The van der Waals surface area contributed by atoms with Crippen LogP contribution in [0.5, 0.6) is 11.6 Å². The minimum atomic E-state index is 0.130. The van der Waals surface area contributed by atoms with Crippen LogP contribution in [0, 0.1) is 11.3 Å². The van der Waals surface area contributed by atoms with Crippen molar-refractivity contribution in [1.82, 2.24) is 4.98 Å². The molecule has 3 rings (SSSR count). The highest BCUT2D eigenvalue weighted by atomic mass is 16.5. The first-order chi connectivity index (χ1) is 9.67. The van der Waals surface area contributed by atoms with Crippen LogP contribution in [0.15, 0.2) is 30.3 Å². The fraction of sp³-hybridized carbons (Fsp3) is 0.143. The number of hydrogen-bond acceptors (Lipinski definition) is 4. The number of benzene rings is 1. The summed E-state index contributed by atoms with van der Waals surface area (Å²) in [4.78, 5) is 4.27. The van der Waals surface area contributed by atoms with Gasteiger partial charge in [0.25, 0.3) is 0 Å². The van der Waals surface area contributed by atoms with Crippen molar-refractivity contribution in [2.45, 2.75) is 13.4 Å². The topological polar surface area (TPSA) is 55.1 Å². The predicted molar refractivity (Wildman–Crippen MR) is 79.7 cm³/mol. The predicted octanol–water partition coefficient (Wildman–Crippen LogP) is 0.362. The molecular formula is C14H12B2N2O2. The zero-order valence-electron chi connectivity index (χ0n) is 11.4. The number of pyridine rings is 1. The summed E-state index contributed by atoms with van der Waals surface area (Å²) in [5, 5.41) is 9.09. The SMILES string of the molecule is Bc1ccc(C#N)c(Oc2ccc3c(c2)COB3C)n1. The van der Waals surface area contributed by atoms with Gasteiger partial charge in [-0.2, -0.15) is 5.26 Å².